The molecule has 0 saturated carbocycles. The molecule has 1 aliphatic rings. The molecule has 0 spiro atoms. The highest BCUT2D eigenvalue weighted by atomic mass is 35.5. The Labute approximate surface area is 126 Å². The summed E-state index contributed by atoms with van der Waals surface area (Å²) in [6.45, 7) is 0. The maximum Gasteiger partial charge on any atom is 0.0777 e. The van der Waals surface area contributed by atoms with E-state index in [0.29, 0.717) is 0 Å². The Balaban J connectivity index is 2.10. The maximum absolute atomic E-state index is 6.20. The van der Waals surface area contributed by atoms with Crippen molar-refractivity contribution in [1.82, 2.24) is 4.57 Å². The second-order valence-corrected chi connectivity index (χ2v) is 5.78. The van der Waals surface area contributed by atoms with Gasteiger partial charge < -0.3 is 9.88 Å². The van der Waals surface area contributed by atoms with E-state index in [9.17, 15) is 0 Å². The summed E-state index contributed by atoms with van der Waals surface area (Å²) in [6, 6.07) is 20.8. The molecule has 0 atom stereocenters. The van der Waals surface area contributed by atoms with Gasteiger partial charge in [0.15, 0.2) is 0 Å². The van der Waals surface area contributed by atoms with Crippen LogP contribution in [0.2, 0.25) is 5.02 Å². The molecule has 3 heteroatoms. The van der Waals surface area contributed by atoms with Crippen LogP contribution >= 0.6 is 11.6 Å². The van der Waals surface area contributed by atoms with Crippen molar-refractivity contribution in [1.29, 1.82) is 0 Å². The zero-order chi connectivity index (χ0) is 14.0. The molecule has 0 unspecified atom stereocenters. The number of nitrogens with one attached hydrogen (secondary N) is 1. The second-order valence-electron chi connectivity index (χ2n) is 5.34. The topological polar surface area (TPSA) is 17.0 Å². The van der Waals surface area contributed by atoms with E-state index in [4.69, 9.17) is 11.6 Å². The van der Waals surface area contributed by atoms with E-state index in [-0.39, 0.29) is 0 Å². The van der Waals surface area contributed by atoms with Gasteiger partial charge in [0.1, 0.15) is 0 Å². The smallest absolute Gasteiger partial charge is 0.0777 e. The van der Waals surface area contributed by atoms with Gasteiger partial charge in [-0.2, -0.15) is 0 Å². The van der Waals surface area contributed by atoms with Crippen LogP contribution in [0.15, 0.2) is 60.7 Å². The van der Waals surface area contributed by atoms with Crippen LogP contribution in [-0.2, 0) is 0 Å². The molecule has 0 radical (unpaired) electrons. The summed E-state index contributed by atoms with van der Waals surface area (Å²) in [7, 11) is 0. The van der Waals surface area contributed by atoms with Crippen LogP contribution in [-0.4, -0.2) is 4.57 Å². The van der Waals surface area contributed by atoms with Gasteiger partial charge in [0.2, 0.25) is 0 Å². The van der Waals surface area contributed by atoms with Gasteiger partial charge in [-0.25, -0.2) is 0 Å². The average molecular weight is 291 g/mol. The number of hydrogen-bond donors (Lipinski definition) is 1. The van der Waals surface area contributed by atoms with E-state index >= 15 is 0 Å². The van der Waals surface area contributed by atoms with Gasteiger partial charge >= 0.3 is 0 Å². The van der Waals surface area contributed by atoms with Crippen molar-refractivity contribution >= 4 is 44.8 Å². The SMILES string of the molecule is Clc1ccc2c(c1)c1cccc3c1n2-c1ccccc1N3. The molecular weight excluding hydrogens is 280 g/mol. The number of benzene rings is 3. The van der Waals surface area contributed by atoms with Crippen LogP contribution in [0, 0.1) is 0 Å². The minimum absolute atomic E-state index is 0.771. The van der Waals surface area contributed by atoms with Crippen molar-refractivity contribution in [2.45, 2.75) is 0 Å². The molecule has 1 N–H and O–H groups in total. The Kier molecular flexibility index (Phi) is 2.04. The predicted molar refractivity (Wildman–Crippen MR) is 89.1 cm³/mol. The first kappa shape index (κ1) is 11.2. The van der Waals surface area contributed by atoms with Crippen molar-refractivity contribution in [2.24, 2.45) is 0 Å². The summed E-state index contributed by atoms with van der Waals surface area (Å²) in [5, 5.41) is 6.72. The zero-order valence-electron chi connectivity index (χ0n) is 11.1. The van der Waals surface area contributed by atoms with E-state index < -0.39 is 0 Å². The lowest BCUT2D eigenvalue weighted by atomic mass is 10.1. The van der Waals surface area contributed by atoms with Gasteiger partial charge in [-0.15, -0.1) is 0 Å². The molecule has 1 aromatic heterocycles. The summed E-state index contributed by atoms with van der Waals surface area (Å²) < 4.78 is 2.32. The Morgan fingerprint density at radius 1 is 0.810 bits per heavy atom. The molecule has 0 saturated heterocycles. The average Bonchev–Trinajstić information content (AvgIpc) is 2.84. The molecule has 21 heavy (non-hydrogen) atoms. The molecular formula is C18H11ClN2. The molecule has 0 amide bonds. The lowest BCUT2D eigenvalue weighted by Gasteiger charge is -2.21. The third kappa shape index (κ3) is 1.38. The standard InChI is InChI=1S/C18H11ClN2/c19-11-8-9-16-13(10-11)12-4-3-6-15-18(12)21(16)17-7-2-1-5-14(17)20-15/h1-10,20H. The first-order chi connectivity index (χ1) is 10.3. The number of nitrogens with zero attached hydrogens (tertiary/aromatic N) is 1. The summed E-state index contributed by atoms with van der Waals surface area (Å²) in [5.41, 5.74) is 5.85. The predicted octanol–water partition coefficient (Wildman–Crippen LogP) is 5.49. The molecule has 4 aromatic rings. The van der Waals surface area contributed by atoms with Crippen molar-refractivity contribution in [2.75, 3.05) is 5.32 Å². The number of para-hydroxylation sites is 3. The van der Waals surface area contributed by atoms with E-state index in [0.717, 1.165) is 16.4 Å². The monoisotopic (exact) mass is 290 g/mol. The van der Waals surface area contributed by atoms with E-state index in [1.807, 2.05) is 12.1 Å². The lowest BCUT2D eigenvalue weighted by molar-refractivity contribution is 1.16. The zero-order valence-corrected chi connectivity index (χ0v) is 11.9. The van der Waals surface area contributed by atoms with Crippen molar-refractivity contribution in [3.8, 4) is 5.69 Å². The first-order valence-electron chi connectivity index (χ1n) is 6.92. The Morgan fingerprint density at radius 3 is 2.62 bits per heavy atom. The first-order valence-corrected chi connectivity index (χ1v) is 7.30. The molecule has 0 bridgehead atoms. The number of hydrogen-bond acceptors (Lipinski definition) is 1. The van der Waals surface area contributed by atoms with Crippen LogP contribution in [0.25, 0.3) is 27.5 Å². The highest BCUT2D eigenvalue weighted by molar-refractivity contribution is 6.32. The number of rotatable bonds is 0. The third-order valence-corrected chi connectivity index (χ3v) is 4.40. The van der Waals surface area contributed by atoms with E-state index in [2.05, 4.69) is 58.4 Å². The quantitative estimate of drug-likeness (QED) is 0.399. The number of aromatic nitrogens is 1. The molecule has 0 aliphatic carbocycles. The fourth-order valence-corrected chi connectivity index (χ4v) is 3.48. The third-order valence-electron chi connectivity index (χ3n) is 4.16. The van der Waals surface area contributed by atoms with Crippen LogP contribution in [0.1, 0.15) is 0 Å². The summed E-state index contributed by atoms with van der Waals surface area (Å²) >= 11 is 6.20. The number of anilines is 2. The van der Waals surface area contributed by atoms with Gasteiger partial charge in [-0.05, 0) is 36.4 Å². The molecule has 100 valence electrons. The van der Waals surface area contributed by atoms with Crippen molar-refractivity contribution in [3.05, 3.63) is 65.7 Å². The van der Waals surface area contributed by atoms with Gasteiger partial charge in [-0.3, -0.25) is 0 Å². The molecule has 2 heterocycles. The van der Waals surface area contributed by atoms with Gasteiger partial charge in [0, 0.05) is 15.8 Å². The second kappa shape index (κ2) is 3.80. The summed E-state index contributed by atoms with van der Waals surface area (Å²) in [4.78, 5) is 0. The lowest BCUT2D eigenvalue weighted by Crippen LogP contribution is -2.06. The van der Waals surface area contributed by atoms with Crippen LogP contribution < -0.4 is 5.32 Å². The number of fused-ring (bicyclic) bond motifs is 5. The minimum atomic E-state index is 0.771. The Morgan fingerprint density at radius 2 is 1.67 bits per heavy atom. The highest BCUT2D eigenvalue weighted by Crippen LogP contribution is 2.43. The Bertz CT molecular complexity index is 1030. The minimum Gasteiger partial charge on any atom is -0.352 e. The molecule has 0 fully saturated rings. The largest absolute Gasteiger partial charge is 0.352 e. The van der Waals surface area contributed by atoms with Crippen molar-refractivity contribution < 1.29 is 0 Å². The Hall–Kier alpha value is -2.45. The fraction of sp³-hybridized carbons (Fsp3) is 0. The normalized spacial score (nSPS) is 12.4. The van der Waals surface area contributed by atoms with Crippen LogP contribution in [0.3, 0.4) is 0 Å². The summed E-state index contributed by atoms with van der Waals surface area (Å²) in [6.07, 6.45) is 0. The highest BCUT2D eigenvalue weighted by Gasteiger charge is 2.21. The van der Waals surface area contributed by atoms with E-state index in [1.54, 1.807) is 0 Å². The van der Waals surface area contributed by atoms with Gasteiger partial charge in [0.05, 0.1) is 28.1 Å². The molecule has 1 aliphatic heterocycles. The molecule has 3 aromatic carbocycles. The van der Waals surface area contributed by atoms with Gasteiger partial charge in [-0.1, -0.05) is 35.9 Å². The fourth-order valence-electron chi connectivity index (χ4n) is 3.31. The number of halogens is 1. The van der Waals surface area contributed by atoms with Crippen LogP contribution in [0.5, 0.6) is 0 Å². The van der Waals surface area contributed by atoms with Crippen molar-refractivity contribution in [3.63, 3.8) is 0 Å². The van der Waals surface area contributed by atoms with E-state index in [1.165, 1.54) is 27.5 Å². The van der Waals surface area contributed by atoms with Gasteiger partial charge in [0.25, 0.3) is 0 Å². The molecule has 2 nitrogen and oxygen atoms in total. The summed E-state index contributed by atoms with van der Waals surface area (Å²) in [5.74, 6) is 0. The van der Waals surface area contributed by atoms with Crippen LogP contribution in [0.4, 0.5) is 11.4 Å². The molecule has 5 rings (SSSR count). The maximum atomic E-state index is 6.20.